The number of benzene rings is 1. The fourth-order valence-electron chi connectivity index (χ4n) is 3.85. The third kappa shape index (κ3) is 4.27. The van der Waals surface area contributed by atoms with Crippen molar-refractivity contribution in [1.29, 1.82) is 0 Å². The highest BCUT2D eigenvalue weighted by Crippen LogP contribution is 2.28. The molecule has 1 saturated heterocycles. The molecule has 1 aliphatic heterocycles. The summed E-state index contributed by atoms with van der Waals surface area (Å²) in [5.41, 5.74) is 2.11. The molecular weight excluding hydrogens is 364 g/mol. The molecule has 152 valence electrons. The number of piperidine rings is 1. The number of aromatic nitrogens is 2. The molecule has 6 heteroatoms. The average Bonchev–Trinajstić information content (AvgIpc) is 3.39. The molecule has 4 rings (SSSR count). The lowest BCUT2D eigenvalue weighted by Crippen LogP contribution is -2.40. The Bertz CT molecular complexity index is 952. The Labute approximate surface area is 171 Å². The van der Waals surface area contributed by atoms with Crippen molar-refractivity contribution in [1.82, 2.24) is 20.0 Å². The SMILES string of the molecule is CCNCC1CCN(C(=O)c2cn(-c3ccccc3)nc2-c2ccc(C)o2)CC1. The molecule has 1 N–H and O–H groups in total. The summed E-state index contributed by atoms with van der Waals surface area (Å²) in [7, 11) is 0. The Morgan fingerprint density at radius 3 is 2.59 bits per heavy atom. The van der Waals surface area contributed by atoms with Gasteiger partial charge < -0.3 is 14.6 Å². The first-order valence-corrected chi connectivity index (χ1v) is 10.4. The monoisotopic (exact) mass is 392 g/mol. The van der Waals surface area contributed by atoms with Crippen LogP contribution in [0.4, 0.5) is 0 Å². The molecule has 6 nitrogen and oxygen atoms in total. The second-order valence-electron chi connectivity index (χ2n) is 7.63. The van der Waals surface area contributed by atoms with E-state index in [1.54, 1.807) is 4.68 Å². The summed E-state index contributed by atoms with van der Waals surface area (Å²) in [5.74, 6) is 2.09. The minimum Gasteiger partial charge on any atom is -0.460 e. The molecule has 1 fully saturated rings. The van der Waals surface area contributed by atoms with E-state index in [1.165, 1.54) is 0 Å². The number of likely N-dealkylation sites (tertiary alicyclic amines) is 1. The van der Waals surface area contributed by atoms with Gasteiger partial charge in [0.05, 0.1) is 11.3 Å². The summed E-state index contributed by atoms with van der Waals surface area (Å²) in [4.78, 5) is 15.3. The highest BCUT2D eigenvalue weighted by Gasteiger charge is 2.28. The van der Waals surface area contributed by atoms with E-state index in [0.29, 0.717) is 22.9 Å². The molecule has 3 heterocycles. The quantitative estimate of drug-likeness (QED) is 0.691. The van der Waals surface area contributed by atoms with Gasteiger partial charge in [-0.1, -0.05) is 25.1 Å². The van der Waals surface area contributed by atoms with Crippen LogP contribution in [0.1, 0.15) is 35.9 Å². The van der Waals surface area contributed by atoms with Crippen LogP contribution in [0.25, 0.3) is 17.1 Å². The van der Waals surface area contributed by atoms with Crippen molar-refractivity contribution in [3.8, 4) is 17.1 Å². The molecule has 1 amide bonds. The van der Waals surface area contributed by atoms with E-state index in [1.807, 2.05) is 60.5 Å². The van der Waals surface area contributed by atoms with Gasteiger partial charge in [-0.2, -0.15) is 5.10 Å². The molecule has 0 unspecified atom stereocenters. The van der Waals surface area contributed by atoms with Gasteiger partial charge in [0.2, 0.25) is 0 Å². The van der Waals surface area contributed by atoms with Crippen LogP contribution in [0.5, 0.6) is 0 Å². The van der Waals surface area contributed by atoms with Crippen LogP contribution in [0.15, 0.2) is 53.1 Å². The number of rotatable bonds is 6. The maximum absolute atomic E-state index is 13.4. The van der Waals surface area contributed by atoms with Crippen molar-refractivity contribution < 1.29 is 9.21 Å². The fourth-order valence-corrected chi connectivity index (χ4v) is 3.85. The number of amides is 1. The van der Waals surface area contributed by atoms with E-state index in [4.69, 9.17) is 9.52 Å². The van der Waals surface area contributed by atoms with Crippen molar-refractivity contribution in [2.24, 2.45) is 5.92 Å². The van der Waals surface area contributed by atoms with Crippen LogP contribution in [0.3, 0.4) is 0 Å². The van der Waals surface area contributed by atoms with Crippen LogP contribution in [-0.4, -0.2) is 46.8 Å². The van der Waals surface area contributed by atoms with E-state index >= 15 is 0 Å². The van der Waals surface area contributed by atoms with Gasteiger partial charge in [-0.3, -0.25) is 4.79 Å². The first-order valence-electron chi connectivity index (χ1n) is 10.4. The van der Waals surface area contributed by atoms with Crippen molar-refractivity contribution in [2.45, 2.75) is 26.7 Å². The topological polar surface area (TPSA) is 63.3 Å². The molecule has 0 bridgehead atoms. The Hall–Kier alpha value is -2.86. The zero-order valence-corrected chi connectivity index (χ0v) is 17.1. The van der Waals surface area contributed by atoms with E-state index in [-0.39, 0.29) is 5.91 Å². The van der Waals surface area contributed by atoms with Crippen LogP contribution in [-0.2, 0) is 0 Å². The molecule has 1 aromatic carbocycles. The lowest BCUT2D eigenvalue weighted by molar-refractivity contribution is 0.0691. The van der Waals surface area contributed by atoms with Gasteiger partial charge in [-0.05, 0) is 63.0 Å². The second kappa shape index (κ2) is 8.66. The maximum Gasteiger partial charge on any atom is 0.257 e. The lowest BCUT2D eigenvalue weighted by atomic mass is 9.96. The molecular formula is C23H28N4O2. The van der Waals surface area contributed by atoms with E-state index < -0.39 is 0 Å². The molecule has 0 atom stereocenters. The Balaban J connectivity index is 1.60. The Morgan fingerprint density at radius 2 is 1.93 bits per heavy atom. The van der Waals surface area contributed by atoms with Crippen LogP contribution < -0.4 is 5.32 Å². The number of para-hydroxylation sites is 1. The van der Waals surface area contributed by atoms with Crippen LogP contribution >= 0.6 is 0 Å². The molecule has 0 radical (unpaired) electrons. The van der Waals surface area contributed by atoms with Crippen molar-refractivity contribution in [3.63, 3.8) is 0 Å². The molecule has 3 aromatic rings. The summed E-state index contributed by atoms with van der Waals surface area (Å²) in [6.45, 7) is 7.60. The van der Waals surface area contributed by atoms with Crippen LogP contribution in [0.2, 0.25) is 0 Å². The molecule has 2 aromatic heterocycles. The summed E-state index contributed by atoms with van der Waals surface area (Å²) in [6, 6.07) is 13.6. The van der Waals surface area contributed by atoms with Gasteiger partial charge in [0.15, 0.2) is 5.76 Å². The normalized spacial score (nSPS) is 15.0. The van der Waals surface area contributed by atoms with E-state index in [9.17, 15) is 4.79 Å². The van der Waals surface area contributed by atoms with Crippen LogP contribution in [0, 0.1) is 12.8 Å². The predicted molar refractivity (Wildman–Crippen MR) is 113 cm³/mol. The minimum atomic E-state index is 0.0261. The highest BCUT2D eigenvalue weighted by atomic mass is 16.3. The van der Waals surface area contributed by atoms with Gasteiger partial charge in [-0.15, -0.1) is 0 Å². The number of nitrogens with one attached hydrogen (secondary N) is 1. The molecule has 1 aliphatic rings. The third-order valence-corrected chi connectivity index (χ3v) is 5.52. The number of nitrogens with zero attached hydrogens (tertiary/aromatic N) is 3. The van der Waals surface area contributed by atoms with Gasteiger partial charge >= 0.3 is 0 Å². The van der Waals surface area contributed by atoms with Gasteiger partial charge in [0.1, 0.15) is 11.5 Å². The zero-order chi connectivity index (χ0) is 20.2. The third-order valence-electron chi connectivity index (χ3n) is 5.52. The number of furan rings is 1. The molecule has 0 aliphatic carbocycles. The number of carbonyl (C=O) groups is 1. The Kier molecular flexibility index (Phi) is 5.81. The number of hydrogen-bond donors (Lipinski definition) is 1. The standard InChI is InChI=1S/C23H28N4O2/c1-3-24-15-18-11-13-26(14-12-18)23(28)20-16-27(19-7-5-4-6-8-19)25-22(20)21-10-9-17(2)29-21/h4-10,16,18,24H,3,11-15H2,1-2H3. The maximum atomic E-state index is 13.4. The largest absolute Gasteiger partial charge is 0.460 e. The van der Waals surface area contributed by atoms with Crippen molar-refractivity contribution in [2.75, 3.05) is 26.2 Å². The van der Waals surface area contributed by atoms with Gasteiger partial charge in [0.25, 0.3) is 5.91 Å². The highest BCUT2D eigenvalue weighted by molar-refractivity contribution is 5.99. The van der Waals surface area contributed by atoms with Crippen molar-refractivity contribution >= 4 is 5.91 Å². The minimum absolute atomic E-state index is 0.0261. The fraction of sp³-hybridized carbons (Fsp3) is 0.391. The van der Waals surface area contributed by atoms with Crippen molar-refractivity contribution in [3.05, 3.63) is 60.0 Å². The first-order chi connectivity index (χ1) is 14.2. The lowest BCUT2D eigenvalue weighted by Gasteiger charge is -2.32. The van der Waals surface area contributed by atoms with Gasteiger partial charge in [-0.25, -0.2) is 4.68 Å². The first kappa shape index (κ1) is 19.5. The summed E-state index contributed by atoms with van der Waals surface area (Å²) >= 11 is 0. The Morgan fingerprint density at radius 1 is 1.17 bits per heavy atom. The average molecular weight is 393 g/mol. The summed E-state index contributed by atoms with van der Waals surface area (Å²) in [6.07, 6.45) is 3.89. The zero-order valence-electron chi connectivity index (χ0n) is 17.1. The molecule has 0 spiro atoms. The number of hydrogen-bond acceptors (Lipinski definition) is 4. The number of carbonyl (C=O) groups excluding carboxylic acids is 1. The smallest absolute Gasteiger partial charge is 0.257 e. The van der Waals surface area contributed by atoms with Gasteiger partial charge in [0, 0.05) is 19.3 Å². The second-order valence-corrected chi connectivity index (χ2v) is 7.63. The van der Waals surface area contributed by atoms with E-state index in [2.05, 4.69) is 12.2 Å². The summed E-state index contributed by atoms with van der Waals surface area (Å²) in [5, 5.41) is 8.12. The predicted octanol–water partition coefficient (Wildman–Crippen LogP) is 3.90. The molecule has 0 saturated carbocycles. The number of aryl methyl sites for hydroxylation is 1. The summed E-state index contributed by atoms with van der Waals surface area (Å²) < 4.78 is 7.57. The molecule has 29 heavy (non-hydrogen) atoms. The van der Waals surface area contributed by atoms with E-state index in [0.717, 1.165) is 50.5 Å².